The molecule has 0 saturated carbocycles. The van der Waals surface area contributed by atoms with Gasteiger partial charge in [0.25, 0.3) is 10.1 Å². The van der Waals surface area contributed by atoms with Crippen molar-refractivity contribution >= 4 is 27.2 Å². The number of hydrogen-bond donors (Lipinski definition) is 3. The predicted octanol–water partition coefficient (Wildman–Crippen LogP) is 3.35. The molecule has 2 aromatic carbocycles. The van der Waals surface area contributed by atoms with Crippen LogP contribution in [-0.4, -0.2) is 20.1 Å². The Morgan fingerprint density at radius 1 is 1.19 bits per heavy atom. The van der Waals surface area contributed by atoms with Gasteiger partial charge in [0, 0.05) is 17.4 Å². The quantitative estimate of drug-likeness (QED) is 0.579. The van der Waals surface area contributed by atoms with Gasteiger partial charge in [-0.05, 0) is 18.2 Å². The maximum absolute atomic E-state index is 11.4. The average Bonchev–Trinajstić information content (AvgIpc) is 2.46. The highest BCUT2D eigenvalue weighted by atomic mass is 32.2. The number of rotatable bonds is 5. The van der Waals surface area contributed by atoms with Crippen molar-refractivity contribution in [3.8, 4) is 5.75 Å². The molecule has 0 bridgehead atoms. The van der Waals surface area contributed by atoms with Gasteiger partial charge in [-0.15, -0.1) is 0 Å². The average molecular weight is 307 g/mol. The molecule has 0 aromatic heterocycles. The molecule has 0 spiro atoms. The topological polar surface area (TPSA) is 112 Å². The lowest BCUT2D eigenvalue weighted by molar-refractivity contribution is 0.414. The van der Waals surface area contributed by atoms with Gasteiger partial charge < -0.3 is 10.1 Å². The summed E-state index contributed by atoms with van der Waals surface area (Å²) < 4.78 is 37.1. The number of nitrogens with one attached hydrogen (secondary N) is 2. The zero-order chi connectivity index (χ0) is 15.5. The molecule has 0 aliphatic heterocycles. The fourth-order valence-electron chi connectivity index (χ4n) is 1.81. The lowest BCUT2D eigenvalue weighted by atomic mass is 10.2. The molecule has 0 amide bonds. The van der Waals surface area contributed by atoms with Gasteiger partial charge in [-0.1, -0.05) is 18.2 Å². The fourth-order valence-corrected chi connectivity index (χ4v) is 2.47. The van der Waals surface area contributed by atoms with Crippen LogP contribution in [0.15, 0.2) is 52.5 Å². The lowest BCUT2D eigenvalue weighted by Crippen LogP contribution is -2.02. The minimum absolute atomic E-state index is 0.0681. The monoisotopic (exact) mass is 307 g/mol. The van der Waals surface area contributed by atoms with Crippen LogP contribution in [0.2, 0.25) is 0 Å². The molecule has 0 heterocycles. The Bertz CT molecular complexity index is 760. The van der Waals surface area contributed by atoms with Crippen LogP contribution >= 0.6 is 0 Å². The van der Waals surface area contributed by atoms with Gasteiger partial charge in [0.15, 0.2) is 0 Å². The van der Waals surface area contributed by atoms with Crippen LogP contribution in [0.1, 0.15) is 0 Å². The summed E-state index contributed by atoms with van der Waals surface area (Å²) >= 11 is 0. The van der Waals surface area contributed by atoms with Crippen LogP contribution in [0.4, 0.5) is 17.1 Å². The first-order chi connectivity index (χ1) is 9.95. The van der Waals surface area contributed by atoms with Crippen molar-refractivity contribution in [2.45, 2.75) is 4.90 Å². The molecule has 0 atom stereocenters. The first kappa shape index (κ1) is 14.9. The second kappa shape index (κ2) is 5.90. The van der Waals surface area contributed by atoms with E-state index in [1.54, 1.807) is 12.1 Å². The van der Waals surface area contributed by atoms with Crippen molar-refractivity contribution in [3.05, 3.63) is 42.5 Å². The third-order valence-corrected chi connectivity index (χ3v) is 3.58. The largest absolute Gasteiger partial charge is 0.494 e. The molecule has 2 aromatic rings. The number of anilines is 2. The fraction of sp³-hybridized carbons (Fsp3) is 0.0769. The van der Waals surface area contributed by atoms with E-state index in [1.807, 2.05) is 18.2 Å². The number of benzene rings is 2. The molecule has 0 radical (unpaired) electrons. The Morgan fingerprint density at radius 3 is 2.38 bits per heavy atom. The molecule has 0 aliphatic rings. The van der Waals surface area contributed by atoms with Gasteiger partial charge in [0.2, 0.25) is 0 Å². The Balaban J connectivity index is 2.56. The first-order valence-electron chi connectivity index (χ1n) is 5.85. The SMILES string of the molecule is COc1cc(Nc2ccccc2)cc(S(=O)(=O)O)c1N=N. The summed E-state index contributed by atoms with van der Waals surface area (Å²) in [6.07, 6.45) is 0. The second-order valence-electron chi connectivity index (χ2n) is 4.10. The Morgan fingerprint density at radius 2 is 1.86 bits per heavy atom. The summed E-state index contributed by atoms with van der Waals surface area (Å²) in [5, 5.41) is 6.10. The highest BCUT2D eigenvalue weighted by Gasteiger charge is 2.21. The van der Waals surface area contributed by atoms with Crippen molar-refractivity contribution in [1.82, 2.24) is 0 Å². The highest BCUT2D eigenvalue weighted by Crippen LogP contribution is 2.38. The predicted molar refractivity (Wildman–Crippen MR) is 77.3 cm³/mol. The summed E-state index contributed by atoms with van der Waals surface area (Å²) in [4.78, 5) is -0.490. The molecule has 0 saturated heterocycles. The van der Waals surface area contributed by atoms with Gasteiger partial charge in [-0.2, -0.15) is 13.5 Å². The van der Waals surface area contributed by atoms with Crippen molar-refractivity contribution in [1.29, 1.82) is 5.53 Å². The molecular weight excluding hydrogens is 294 g/mol. The molecule has 0 fully saturated rings. The number of nitrogens with zero attached hydrogens (tertiary/aromatic N) is 1. The maximum Gasteiger partial charge on any atom is 0.296 e. The van der Waals surface area contributed by atoms with Crippen LogP contribution in [0.5, 0.6) is 5.75 Å². The van der Waals surface area contributed by atoms with E-state index in [0.717, 1.165) is 5.69 Å². The molecule has 8 heteroatoms. The van der Waals surface area contributed by atoms with Crippen LogP contribution in [0.3, 0.4) is 0 Å². The molecule has 3 N–H and O–H groups in total. The van der Waals surface area contributed by atoms with E-state index in [4.69, 9.17) is 10.3 Å². The molecule has 0 aliphatic carbocycles. The Kier molecular flexibility index (Phi) is 4.20. The lowest BCUT2D eigenvalue weighted by Gasteiger charge is -2.12. The van der Waals surface area contributed by atoms with Gasteiger partial charge in [0.1, 0.15) is 16.3 Å². The molecular formula is C13H13N3O4S. The minimum Gasteiger partial charge on any atom is -0.494 e. The molecule has 21 heavy (non-hydrogen) atoms. The zero-order valence-electron chi connectivity index (χ0n) is 11.1. The van der Waals surface area contributed by atoms with Crippen LogP contribution in [0.25, 0.3) is 0 Å². The van der Waals surface area contributed by atoms with Crippen LogP contribution < -0.4 is 10.1 Å². The van der Waals surface area contributed by atoms with E-state index >= 15 is 0 Å². The van der Waals surface area contributed by atoms with Gasteiger partial charge in [-0.3, -0.25) is 4.55 Å². The molecule has 2 rings (SSSR count). The highest BCUT2D eigenvalue weighted by molar-refractivity contribution is 7.86. The smallest absolute Gasteiger partial charge is 0.296 e. The van der Waals surface area contributed by atoms with Crippen molar-refractivity contribution in [2.75, 3.05) is 12.4 Å². The third-order valence-electron chi connectivity index (χ3n) is 2.71. The van der Waals surface area contributed by atoms with Crippen molar-refractivity contribution in [3.63, 3.8) is 0 Å². The summed E-state index contributed by atoms with van der Waals surface area (Å²) in [5.74, 6) is 0.0681. The van der Waals surface area contributed by atoms with Crippen molar-refractivity contribution < 1.29 is 17.7 Å². The summed E-state index contributed by atoms with van der Waals surface area (Å²) in [6, 6.07) is 11.8. The minimum atomic E-state index is -4.53. The number of para-hydroxylation sites is 1. The van der Waals surface area contributed by atoms with E-state index in [-0.39, 0.29) is 11.4 Å². The van der Waals surface area contributed by atoms with E-state index in [2.05, 4.69) is 10.4 Å². The maximum atomic E-state index is 11.4. The Hall–Kier alpha value is -2.45. The zero-order valence-corrected chi connectivity index (χ0v) is 11.9. The number of hydrogen-bond acceptors (Lipinski definition) is 6. The summed E-state index contributed by atoms with van der Waals surface area (Å²) in [5.41, 5.74) is 7.92. The van der Waals surface area contributed by atoms with Crippen LogP contribution in [0, 0.1) is 5.53 Å². The van der Waals surface area contributed by atoms with E-state index in [1.165, 1.54) is 19.2 Å². The molecule has 7 nitrogen and oxygen atoms in total. The standard InChI is InChI=1S/C13H13N3O4S/c1-20-11-7-10(15-9-5-3-2-4-6-9)8-12(13(11)16-14)21(17,18)19/h2-8,14-15H,1H3,(H,17,18,19). The van der Waals surface area contributed by atoms with Crippen LogP contribution in [-0.2, 0) is 10.1 Å². The molecule has 0 unspecified atom stereocenters. The second-order valence-corrected chi connectivity index (χ2v) is 5.49. The van der Waals surface area contributed by atoms with E-state index in [0.29, 0.717) is 5.69 Å². The molecule has 110 valence electrons. The number of methoxy groups -OCH3 is 1. The third kappa shape index (κ3) is 3.36. The van der Waals surface area contributed by atoms with Gasteiger partial charge >= 0.3 is 0 Å². The summed E-state index contributed by atoms with van der Waals surface area (Å²) in [7, 11) is -3.20. The number of ether oxygens (including phenoxy) is 1. The van der Waals surface area contributed by atoms with E-state index < -0.39 is 15.0 Å². The van der Waals surface area contributed by atoms with Gasteiger partial charge in [0.05, 0.1) is 7.11 Å². The Labute approximate surface area is 121 Å². The first-order valence-corrected chi connectivity index (χ1v) is 7.29. The van der Waals surface area contributed by atoms with E-state index in [9.17, 15) is 13.0 Å². The van der Waals surface area contributed by atoms with Crippen molar-refractivity contribution in [2.24, 2.45) is 5.11 Å². The summed E-state index contributed by atoms with van der Waals surface area (Å²) in [6.45, 7) is 0. The normalized spacial score (nSPS) is 11.0. The van der Waals surface area contributed by atoms with Gasteiger partial charge in [-0.25, -0.2) is 5.53 Å².